The molecule has 2 nitrogen and oxygen atoms in total. The first-order chi connectivity index (χ1) is 9.54. The summed E-state index contributed by atoms with van der Waals surface area (Å²) in [7, 11) is 1.55. The number of hydrogen-bond donors (Lipinski definition) is 1. The fourth-order valence-corrected chi connectivity index (χ4v) is 2.44. The Kier molecular flexibility index (Phi) is 4.73. The Labute approximate surface area is 124 Å². The van der Waals surface area contributed by atoms with Crippen LogP contribution < -0.4 is 10.5 Å². The van der Waals surface area contributed by atoms with E-state index in [1.807, 2.05) is 18.2 Å². The topological polar surface area (TPSA) is 35.2 Å². The fourth-order valence-electron chi connectivity index (χ4n) is 2.09. The Bertz CT molecular complexity index is 619. The van der Waals surface area contributed by atoms with Crippen LogP contribution in [0.4, 0.5) is 8.78 Å². The minimum atomic E-state index is -0.788. The highest BCUT2D eigenvalue weighted by atomic mass is 79.9. The van der Waals surface area contributed by atoms with Crippen molar-refractivity contribution in [3.05, 3.63) is 63.6 Å². The van der Waals surface area contributed by atoms with Crippen LogP contribution in [0, 0.1) is 11.6 Å². The van der Waals surface area contributed by atoms with Crippen molar-refractivity contribution in [3.8, 4) is 5.75 Å². The normalized spacial score (nSPS) is 12.2. The molecule has 0 aliphatic carbocycles. The molecule has 0 spiro atoms. The second kappa shape index (κ2) is 6.33. The van der Waals surface area contributed by atoms with Gasteiger partial charge in [-0.25, -0.2) is 8.78 Å². The van der Waals surface area contributed by atoms with Crippen molar-refractivity contribution in [2.24, 2.45) is 5.73 Å². The second-order valence-electron chi connectivity index (χ2n) is 4.38. The van der Waals surface area contributed by atoms with Crippen molar-refractivity contribution in [1.82, 2.24) is 0 Å². The first-order valence-corrected chi connectivity index (χ1v) is 6.84. The average Bonchev–Trinajstić information content (AvgIpc) is 2.44. The molecule has 5 heteroatoms. The Morgan fingerprint density at radius 1 is 1.20 bits per heavy atom. The third-order valence-electron chi connectivity index (χ3n) is 3.08. The standard InChI is InChI=1S/C15H14BrF2NO/c1-20-13-5-3-2-4-9(13)8-12(19)14-11(17)7-6-10(16)15(14)18/h2-7,12H,8,19H2,1H3. The van der Waals surface area contributed by atoms with Crippen molar-refractivity contribution >= 4 is 15.9 Å². The molecule has 2 rings (SSSR count). The summed E-state index contributed by atoms with van der Waals surface area (Å²) in [6.45, 7) is 0. The van der Waals surface area contributed by atoms with E-state index in [-0.39, 0.29) is 16.5 Å². The van der Waals surface area contributed by atoms with Crippen LogP contribution in [0.25, 0.3) is 0 Å². The van der Waals surface area contributed by atoms with Crippen LogP contribution in [0.2, 0.25) is 0 Å². The summed E-state index contributed by atoms with van der Waals surface area (Å²) in [5.74, 6) is -0.653. The monoisotopic (exact) mass is 341 g/mol. The Morgan fingerprint density at radius 2 is 1.90 bits per heavy atom. The van der Waals surface area contributed by atoms with Gasteiger partial charge in [-0.3, -0.25) is 0 Å². The van der Waals surface area contributed by atoms with Crippen LogP contribution in [0.1, 0.15) is 17.2 Å². The zero-order chi connectivity index (χ0) is 14.7. The van der Waals surface area contributed by atoms with Gasteiger partial charge in [-0.05, 0) is 46.1 Å². The summed E-state index contributed by atoms with van der Waals surface area (Å²) in [6.07, 6.45) is 0.286. The lowest BCUT2D eigenvalue weighted by Crippen LogP contribution is -2.17. The minimum absolute atomic E-state index is 0.120. The van der Waals surface area contributed by atoms with Gasteiger partial charge in [0.2, 0.25) is 0 Å². The molecule has 106 valence electrons. The summed E-state index contributed by atoms with van der Waals surface area (Å²) in [5, 5.41) is 0. The maximum absolute atomic E-state index is 14.0. The smallest absolute Gasteiger partial charge is 0.145 e. The first kappa shape index (κ1) is 14.9. The fraction of sp³-hybridized carbons (Fsp3) is 0.200. The molecule has 0 bridgehead atoms. The van der Waals surface area contributed by atoms with E-state index in [9.17, 15) is 8.78 Å². The van der Waals surface area contributed by atoms with Crippen LogP contribution in [-0.4, -0.2) is 7.11 Å². The van der Waals surface area contributed by atoms with E-state index in [4.69, 9.17) is 10.5 Å². The number of benzene rings is 2. The van der Waals surface area contributed by atoms with E-state index >= 15 is 0 Å². The number of methoxy groups -OCH3 is 1. The number of nitrogens with two attached hydrogens (primary N) is 1. The zero-order valence-electron chi connectivity index (χ0n) is 10.9. The molecule has 0 saturated heterocycles. The van der Waals surface area contributed by atoms with Gasteiger partial charge in [0.05, 0.1) is 11.6 Å². The Morgan fingerprint density at radius 3 is 2.60 bits per heavy atom. The highest BCUT2D eigenvalue weighted by molar-refractivity contribution is 9.10. The predicted octanol–water partition coefficient (Wildman–Crippen LogP) is 3.98. The highest BCUT2D eigenvalue weighted by Crippen LogP contribution is 2.29. The quantitative estimate of drug-likeness (QED) is 0.853. The molecule has 2 aromatic rings. The van der Waals surface area contributed by atoms with Crippen LogP contribution in [0.15, 0.2) is 40.9 Å². The number of para-hydroxylation sites is 1. The molecular weight excluding hydrogens is 328 g/mol. The maximum atomic E-state index is 14.0. The Balaban J connectivity index is 2.33. The predicted molar refractivity (Wildman–Crippen MR) is 77.7 cm³/mol. The molecular formula is C15H14BrF2NO. The van der Waals surface area contributed by atoms with E-state index in [0.717, 1.165) is 5.56 Å². The van der Waals surface area contributed by atoms with Crippen molar-refractivity contribution in [1.29, 1.82) is 0 Å². The van der Waals surface area contributed by atoms with Gasteiger partial charge in [0.15, 0.2) is 0 Å². The Hall–Kier alpha value is -1.46. The largest absolute Gasteiger partial charge is 0.496 e. The molecule has 0 fully saturated rings. The van der Waals surface area contributed by atoms with Gasteiger partial charge in [-0.2, -0.15) is 0 Å². The van der Waals surface area contributed by atoms with Gasteiger partial charge in [-0.1, -0.05) is 18.2 Å². The van der Waals surface area contributed by atoms with E-state index in [2.05, 4.69) is 15.9 Å². The van der Waals surface area contributed by atoms with Crippen LogP contribution in [0.3, 0.4) is 0 Å². The van der Waals surface area contributed by atoms with E-state index in [1.165, 1.54) is 12.1 Å². The SMILES string of the molecule is COc1ccccc1CC(N)c1c(F)ccc(Br)c1F. The van der Waals surface area contributed by atoms with Gasteiger partial charge in [0, 0.05) is 11.6 Å². The van der Waals surface area contributed by atoms with Crippen molar-refractivity contribution < 1.29 is 13.5 Å². The molecule has 0 aliphatic heterocycles. The van der Waals surface area contributed by atoms with Crippen molar-refractivity contribution in [2.75, 3.05) is 7.11 Å². The average molecular weight is 342 g/mol. The molecule has 1 atom stereocenters. The molecule has 0 radical (unpaired) electrons. The van der Waals surface area contributed by atoms with Crippen LogP contribution in [0.5, 0.6) is 5.75 Å². The van der Waals surface area contributed by atoms with Gasteiger partial charge < -0.3 is 10.5 Å². The first-order valence-electron chi connectivity index (χ1n) is 6.05. The molecule has 0 saturated carbocycles. The molecule has 0 aromatic heterocycles. The lowest BCUT2D eigenvalue weighted by molar-refractivity contribution is 0.407. The number of hydrogen-bond acceptors (Lipinski definition) is 2. The number of halogens is 3. The third-order valence-corrected chi connectivity index (χ3v) is 3.70. The molecule has 2 aromatic carbocycles. The zero-order valence-corrected chi connectivity index (χ0v) is 12.5. The van der Waals surface area contributed by atoms with E-state index in [0.29, 0.717) is 5.75 Å². The second-order valence-corrected chi connectivity index (χ2v) is 5.23. The van der Waals surface area contributed by atoms with Gasteiger partial charge in [-0.15, -0.1) is 0 Å². The van der Waals surface area contributed by atoms with E-state index in [1.54, 1.807) is 13.2 Å². The lowest BCUT2D eigenvalue weighted by atomic mass is 9.98. The molecule has 0 heterocycles. The summed E-state index contributed by atoms with van der Waals surface area (Å²) in [4.78, 5) is 0. The summed E-state index contributed by atoms with van der Waals surface area (Å²) in [6, 6.07) is 9.01. The minimum Gasteiger partial charge on any atom is -0.496 e. The summed E-state index contributed by atoms with van der Waals surface area (Å²) in [5.41, 5.74) is 6.65. The van der Waals surface area contributed by atoms with Gasteiger partial charge in [0.1, 0.15) is 17.4 Å². The van der Waals surface area contributed by atoms with Gasteiger partial charge >= 0.3 is 0 Å². The molecule has 0 amide bonds. The van der Waals surface area contributed by atoms with Gasteiger partial charge in [0.25, 0.3) is 0 Å². The molecule has 1 unspecified atom stereocenters. The van der Waals surface area contributed by atoms with Crippen LogP contribution in [-0.2, 0) is 6.42 Å². The highest BCUT2D eigenvalue weighted by Gasteiger charge is 2.20. The maximum Gasteiger partial charge on any atom is 0.145 e. The van der Waals surface area contributed by atoms with Crippen molar-refractivity contribution in [2.45, 2.75) is 12.5 Å². The van der Waals surface area contributed by atoms with E-state index < -0.39 is 17.7 Å². The van der Waals surface area contributed by atoms with Crippen LogP contribution >= 0.6 is 15.9 Å². The van der Waals surface area contributed by atoms with Crippen molar-refractivity contribution in [3.63, 3.8) is 0 Å². The summed E-state index contributed by atoms with van der Waals surface area (Å²) >= 11 is 3.04. The number of rotatable bonds is 4. The molecule has 2 N–H and O–H groups in total. The number of ether oxygens (including phenoxy) is 1. The molecule has 20 heavy (non-hydrogen) atoms. The summed E-state index contributed by atoms with van der Waals surface area (Å²) < 4.78 is 33.2. The lowest BCUT2D eigenvalue weighted by Gasteiger charge is -2.16. The third kappa shape index (κ3) is 2.99. The molecule has 0 aliphatic rings.